The first-order chi connectivity index (χ1) is 8.19. The van der Waals surface area contributed by atoms with Crippen molar-refractivity contribution in [3.8, 4) is 6.07 Å². The molecule has 4 nitrogen and oxygen atoms in total. The normalized spacial score (nSPS) is 24.0. The maximum atomic E-state index is 9.43. The summed E-state index contributed by atoms with van der Waals surface area (Å²) in [6.45, 7) is 0. The molecule has 4 heteroatoms. The fourth-order valence-corrected chi connectivity index (χ4v) is 2.20. The molecule has 1 fully saturated rings. The summed E-state index contributed by atoms with van der Waals surface area (Å²) in [6, 6.07) is 7.72. The average Bonchev–Trinajstić information content (AvgIpc) is 2.34. The molecule has 0 saturated heterocycles. The molecule has 0 heterocycles. The Morgan fingerprint density at radius 3 is 2.59 bits per heavy atom. The molecular formula is C13H17N3O. The standard InChI is InChI=1S/C13H17N3O/c14-8-9-1-6-13(12(15)7-9)16-10-2-4-11(17)5-3-10/h1,6-7,10-11,16-17H,2-5,15H2/t10-,11-. The minimum absolute atomic E-state index is 0.147. The fourth-order valence-electron chi connectivity index (χ4n) is 2.20. The zero-order valence-corrected chi connectivity index (χ0v) is 9.69. The molecule has 90 valence electrons. The molecule has 1 aliphatic carbocycles. The second kappa shape index (κ2) is 5.07. The lowest BCUT2D eigenvalue weighted by atomic mass is 9.93. The topological polar surface area (TPSA) is 82.1 Å². The van der Waals surface area contributed by atoms with Crippen molar-refractivity contribution in [1.29, 1.82) is 5.26 Å². The highest BCUT2D eigenvalue weighted by Crippen LogP contribution is 2.25. The summed E-state index contributed by atoms with van der Waals surface area (Å²) in [5, 5.41) is 21.6. The Morgan fingerprint density at radius 1 is 1.29 bits per heavy atom. The minimum atomic E-state index is -0.147. The van der Waals surface area contributed by atoms with Crippen molar-refractivity contribution in [2.24, 2.45) is 0 Å². The van der Waals surface area contributed by atoms with Gasteiger partial charge in [0.2, 0.25) is 0 Å². The van der Waals surface area contributed by atoms with Crippen molar-refractivity contribution in [1.82, 2.24) is 0 Å². The molecule has 0 atom stereocenters. The van der Waals surface area contributed by atoms with Crippen LogP contribution in [0.4, 0.5) is 11.4 Å². The molecule has 17 heavy (non-hydrogen) atoms. The highest BCUT2D eigenvalue weighted by molar-refractivity contribution is 5.68. The third-order valence-electron chi connectivity index (χ3n) is 3.24. The summed E-state index contributed by atoms with van der Waals surface area (Å²) < 4.78 is 0. The summed E-state index contributed by atoms with van der Waals surface area (Å²) >= 11 is 0. The highest BCUT2D eigenvalue weighted by Gasteiger charge is 2.19. The van der Waals surface area contributed by atoms with Gasteiger partial charge in [0.1, 0.15) is 0 Å². The largest absolute Gasteiger partial charge is 0.397 e. The van der Waals surface area contributed by atoms with Gasteiger partial charge in [-0.3, -0.25) is 0 Å². The maximum absolute atomic E-state index is 9.43. The van der Waals surface area contributed by atoms with Gasteiger partial charge in [0.15, 0.2) is 0 Å². The van der Waals surface area contributed by atoms with Crippen molar-refractivity contribution < 1.29 is 5.11 Å². The first kappa shape index (κ1) is 11.7. The Bertz CT molecular complexity index is 431. The molecule has 1 aromatic rings. The molecule has 4 N–H and O–H groups in total. The first-order valence-corrected chi connectivity index (χ1v) is 5.93. The molecule has 1 aromatic carbocycles. The predicted octanol–water partition coefficient (Wildman–Crippen LogP) is 1.86. The number of hydrogen-bond donors (Lipinski definition) is 3. The molecule has 0 radical (unpaired) electrons. The lowest BCUT2D eigenvalue weighted by molar-refractivity contribution is 0.126. The van der Waals surface area contributed by atoms with E-state index in [1.807, 2.05) is 6.07 Å². The zero-order chi connectivity index (χ0) is 12.3. The van der Waals surface area contributed by atoms with Crippen LogP contribution in [0.25, 0.3) is 0 Å². The number of nitrogens with one attached hydrogen (secondary N) is 1. The van der Waals surface area contributed by atoms with Crippen molar-refractivity contribution in [2.75, 3.05) is 11.1 Å². The lowest BCUT2D eigenvalue weighted by Crippen LogP contribution is -2.28. The summed E-state index contributed by atoms with van der Waals surface area (Å²) in [5.74, 6) is 0. The predicted molar refractivity (Wildman–Crippen MR) is 67.5 cm³/mol. The summed E-state index contributed by atoms with van der Waals surface area (Å²) in [6.07, 6.45) is 3.45. The molecule has 1 aliphatic rings. The van der Waals surface area contributed by atoms with E-state index in [0.717, 1.165) is 31.4 Å². The number of nitrogens with two attached hydrogens (primary N) is 1. The van der Waals surface area contributed by atoms with Crippen LogP contribution in [0.1, 0.15) is 31.2 Å². The average molecular weight is 231 g/mol. The van der Waals surface area contributed by atoms with Crippen LogP contribution in [0.2, 0.25) is 0 Å². The smallest absolute Gasteiger partial charge is 0.0992 e. The molecule has 0 unspecified atom stereocenters. The van der Waals surface area contributed by atoms with E-state index in [4.69, 9.17) is 11.0 Å². The van der Waals surface area contributed by atoms with Crippen LogP contribution >= 0.6 is 0 Å². The second-order valence-electron chi connectivity index (χ2n) is 4.56. The quantitative estimate of drug-likeness (QED) is 0.678. The van der Waals surface area contributed by atoms with E-state index in [1.165, 1.54) is 0 Å². The van der Waals surface area contributed by atoms with Crippen LogP contribution < -0.4 is 11.1 Å². The second-order valence-corrected chi connectivity index (χ2v) is 4.56. The number of benzene rings is 1. The van der Waals surface area contributed by atoms with Crippen LogP contribution in [0, 0.1) is 11.3 Å². The molecule has 0 aliphatic heterocycles. The molecular weight excluding hydrogens is 214 g/mol. The number of hydrogen-bond acceptors (Lipinski definition) is 4. The Kier molecular flexibility index (Phi) is 3.50. The number of nitrogens with zero attached hydrogens (tertiary/aromatic N) is 1. The van der Waals surface area contributed by atoms with Gasteiger partial charge in [-0.15, -0.1) is 0 Å². The molecule has 0 spiro atoms. The van der Waals surface area contributed by atoms with Gasteiger partial charge in [-0.1, -0.05) is 0 Å². The number of anilines is 2. The molecule has 0 aromatic heterocycles. The lowest BCUT2D eigenvalue weighted by Gasteiger charge is -2.27. The Morgan fingerprint density at radius 2 is 2.00 bits per heavy atom. The number of nitriles is 1. The summed E-state index contributed by atoms with van der Waals surface area (Å²) in [5.41, 5.74) is 7.94. The van der Waals surface area contributed by atoms with Crippen LogP contribution in [0.15, 0.2) is 18.2 Å². The first-order valence-electron chi connectivity index (χ1n) is 5.93. The van der Waals surface area contributed by atoms with E-state index < -0.39 is 0 Å². The number of aliphatic hydroxyl groups is 1. The third kappa shape index (κ3) is 2.89. The van der Waals surface area contributed by atoms with Crippen molar-refractivity contribution in [3.63, 3.8) is 0 Å². The summed E-state index contributed by atoms with van der Waals surface area (Å²) in [4.78, 5) is 0. The van der Waals surface area contributed by atoms with E-state index >= 15 is 0 Å². The van der Waals surface area contributed by atoms with E-state index in [9.17, 15) is 5.11 Å². The third-order valence-corrected chi connectivity index (χ3v) is 3.24. The Balaban J connectivity index is 2.02. The maximum Gasteiger partial charge on any atom is 0.0992 e. The number of nitrogen functional groups attached to an aromatic ring is 1. The van der Waals surface area contributed by atoms with Gasteiger partial charge in [0.25, 0.3) is 0 Å². The summed E-state index contributed by atoms with van der Waals surface area (Å²) in [7, 11) is 0. The molecule has 2 rings (SSSR count). The SMILES string of the molecule is N#Cc1ccc(N[C@H]2CC[C@H](O)CC2)c(N)c1. The zero-order valence-electron chi connectivity index (χ0n) is 9.69. The monoisotopic (exact) mass is 231 g/mol. The van der Waals surface area contributed by atoms with Gasteiger partial charge < -0.3 is 16.2 Å². The van der Waals surface area contributed by atoms with Gasteiger partial charge in [-0.25, -0.2) is 0 Å². The molecule has 0 bridgehead atoms. The Hall–Kier alpha value is -1.73. The fraction of sp³-hybridized carbons (Fsp3) is 0.462. The van der Waals surface area contributed by atoms with Crippen LogP contribution in [0.3, 0.4) is 0 Å². The van der Waals surface area contributed by atoms with Crippen LogP contribution in [-0.4, -0.2) is 17.3 Å². The van der Waals surface area contributed by atoms with Crippen molar-refractivity contribution in [2.45, 2.75) is 37.8 Å². The van der Waals surface area contributed by atoms with E-state index in [-0.39, 0.29) is 6.10 Å². The van der Waals surface area contributed by atoms with Gasteiger partial charge in [-0.2, -0.15) is 5.26 Å². The van der Waals surface area contributed by atoms with Crippen LogP contribution in [-0.2, 0) is 0 Å². The van der Waals surface area contributed by atoms with E-state index in [2.05, 4.69) is 11.4 Å². The van der Waals surface area contributed by atoms with E-state index in [0.29, 0.717) is 17.3 Å². The van der Waals surface area contributed by atoms with Gasteiger partial charge >= 0.3 is 0 Å². The molecule has 0 amide bonds. The van der Waals surface area contributed by atoms with Gasteiger partial charge in [0.05, 0.1) is 29.1 Å². The Labute approximate surface area is 101 Å². The van der Waals surface area contributed by atoms with Crippen LogP contribution in [0.5, 0.6) is 0 Å². The van der Waals surface area contributed by atoms with Crippen molar-refractivity contribution in [3.05, 3.63) is 23.8 Å². The van der Waals surface area contributed by atoms with Crippen molar-refractivity contribution >= 4 is 11.4 Å². The number of aliphatic hydroxyl groups excluding tert-OH is 1. The van der Waals surface area contributed by atoms with Gasteiger partial charge in [-0.05, 0) is 43.9 Å². The highest BCUT2D eigenvalue weighted by atomic mass is 16.3. The van der Waals surface area contributed by atoms with Gasteiger partial charge in [0, 0.05) is 6.04 Å². The number of rotatable bonds is 2. The van der Waals surface area contributed by atoms with E-state index in [1.54, 1.807) is 12.1 Å². The molecule has 1 saturated carbocycles. The minimum Gasteiger partial charge on any atom is -0.397 e.